The molecule has 1 aromatic carbocycles. The van der Waals surface area contributed by atoms with Crippen LogP contribution in [0.3, 0.4) is 0 Å². The van der Waals surface area contributed by atoms with Crippen LogP contribution in [0.25, 0.3) is 0 Å². The van der Waals surface area contributed by atoms with Gasteiger partial charge in [0.25, 0.3) is 0 Å². The second-order valence-electron chi connectivity index (χ2n) is 8.63. The standard InChI is InChI=1S/C22H36N4O/c27-14-11-21-17-25(12-13-26(21)20-9-5-2-6-10-20)16-19-15-23-24-22(19)18-7-3-1-4-8-18/h1,3-4,7-8,19-24,27H,2,5-6,9-17H2. The third-order valence-electron chi connectivity index (χ3n) is 6.86. The van der Waals surface area contributed by atoms with Crippen molar-refractivity contribution in [2.24, 2.45) is 5.92 Å². The zero-order chi connectivity index (χ0) is 18.5. The Kier molecular flexibility index (Phi) is 6.79. The van der Waals surface area contributed by atoms with Crippen LogP contribution in [0.1, 0.15) is 50.1 Å². The van der Waals surface area contributed by atoms with Crippen LogP contribution in [-0.2, 0) is 0 Å². The molecule has 0 spiro atoms. The third kappa shape index (κ3) is 4.72. The topological polar surface area (TPSA) is 50.8 Å². The van der Waals surface area contributed by atoms with Crippen molar-refractivity contribution in [3.05, 3.63) is 35.9 Å². The highest BCUT2D eigenvalue weighted by atomic mass is 16.3. The van der Waals surface area contributed by atoms with Crippen LogP contribution in [0.2, 0.25) is 0 Å². The summed E-state index contributed by atoms with van der Waals surface area (Å²) >= 11 is 0. The van der Waals surface area contributed by atoms with E-state index in [1.165, 1.54) is 44.2 Å². The van der Waals surface area contributed by atoms with E-state index in [0.29, 0.717) is 24.6 Å². The molecule has 0 aromatic heterocycles. The van der Waals surface area contributed by atoms with Gasteiger partial charge in [0.15, 0.2) is 0 Å². The predicted molar refractivity (Wildman–Crippen MR) is 109 cm³/mol. The Labute approximate surface area is 164 Å². The van der Waals surface area contributed by atoms with Gasteiger partial charge in [0.2, 0.25) is 0 Å². The number of nitrogens with zero attached hydrogens (tertiary/aromatic N) is 2. The van der Waals surface area contributed by atoms with E-state index in [-0.39, 0.29) is 0 Å². The number of nitrogens with one attached hydrogen (secondary N) is 2. The molecule has 0 radical (unpaired) electrons. The quantitative estimate of drug-likeness (QED) is 0.714. The number of rotatable bonds is 6. The maximum absolute atomic E-state index is 9.63. The Morgan fingerprint density at radius 2 is 1.85 bits per heavy atom. The summed E-state index contributed by atoms with van der Waals surface area (Å²) in [4.78, 5) is 5.39. The predicted octanol–water partition coefficient (Wildman–Crippen LogP) is 2.15. The van der Waals surface area contributed by atoms with Gasteiger partial charge in [0, 0.05) is 57.3 Å². The monoisotopic (exact) mass is 372 g/mol. The largest absolute Gasteiger partial charge is 0.396 e. The fourth-order valence-corrected chi connectivity index (χ4v) is 5.45. The molecule has 3 N–H and O–H groups in total. The summed E-state index contributed by atoms with van der Waals surface area (Å²) in [6, 6.07) is 12.5. The minimum absolute atomic E-state index is 0.306. The summed E-state index contributed by atoms with van der Waals surface area (Å²) in [6.45, 7) is 5.89. The zero-order valence-electron chi connectivity index (χ0n) is 16.5. The summed E-state index contributed by atoms with van der Waals surface area (Å²) in [5.74, 6) is 0.586. The summed E-state index contributed by atoms with van der Waals surface area (Å²) in [7, 11) is 0. The first-order valence-electron chi connectivity index (χ1n) is 11.0. The molecule has 3 fully saturated rings. The smallest absolute Gasteiger partial charge is 0.0515 e. The molecule has 27 heavy (non-hydrogen) atoms. The second-order valence-corrected chi connectivity index (χ2v) is 8.63. The molecule has 0 bridgehead atoms. The molecule has 3 unspecified atom stereocenters. The number of benzene rings is 1. The molecule has 1 aliphatic carbocycles. The average Bonchev–Trinajstić information content (AvgIpc) is 3.18. The first kappa shape index (κ1) is 19.3. The molecule has 0 amide bonds. The van der Waals surface area contributed by atoms with E-state index in [0.717, 1.165) is 38.6 Å². The lowest BCUT2D eigenvalue weighted by molar-refractivity contribution is 0.0112. The van der Waals surface area contributed by atoms with Gasteiger partial charge in [0.1, 0.15) is 0 Å². The highest BCUT2D eigenvalue weighted by Gasteiger charge is 2.35. The number of aliphatic hydroxyl groups is 1. The Hall–Kier alpha value is -0.980. The van der Waals surface area contributed by atoms with Gasteiger partial charge >= 0.3 is 0 Å². The molecule has 3 aliphatic rings. The average molecular weight is 373 g/mol. The van der Waals surface area contributed by atoms with Crippen LogP contribution in [0.4, 0.5) is 0 Å². The van der Waals surface area contributed by atoms with E-state index >= 15 is 0 Å². The van der Waals surface area contributed by atoms with Gasteiger partial charge in [-0.05, 0) is 24.8 Å². The van der Waals surface area contributed by atoms with E-state index < -0.39 is 0 Å². The fraction of sp³-hybridized carbons (Fsp3) is 0.727. The van der Waals surface area contributed by atoms with Crippen molar-refractivity contribution in [2.75, 3.05) is 39.3 Å². The lowest BCUT2D eigenvalue weighted by atomic mass is 9.91. The van der Waals surface area contributed by atoms with Crippen molar-refractivity contribution < 1.29 is 5.11 Å². The molecule has 150 valence electrons. The molecule has 2 heterocycles. The summed E-state index contributed by atoms with van der Waals surface area (Å²) in [6.07, 6.45) is 7.80. The van der Waals surface area contributed by atoms with E-state index in [2.05, 4.69) is 51.0 Å². The maximum atomic E-state index is 9.63. The fourth-order valence-electron chi connectivity index (χ4n) is 5.45. The first-order chi connectivity index (χ1) is 13.3. The van der Waals surface area contributed by atoms with Crippen molar-refractivity contribution in [3.63, 3.8) is 0 Å². The van der Waals surface area contributed by atoms with Crippen molar-refractivity contribution in [3.8, 4) is 0 Å². The van der Waals surface area contributed by atoms with Gasteiger partial charge in [-0.3, -0.25) is 10.3 Å². The van der Waals surface area contributed by atoms with Crippen LogP contribution >= 0.6 is 0 Å². The van der Waals surface area contributed by atoms with Gasteiger partial charge < -0.3 is 10.0 Å². The Morgan fingerprint density at radius 1 is 1.04 bits per heavy atom. The van der Waals surface area contributed by atoms with Crippen molar-refractivity contribution >= 4 is 0 Å². The highest BCUT2D eigenvalue weighted by Crippen LogP contribution is 2.29. The normalized spacial score (nSPS) is 31.4. The molecule has 2 saturated heterocycles. The first-order valence-corrected chi connectivity index (χ1v) is 11.0. The molecule has 1 aromatic rings. The SMILES string of the molecule is OCCC1CN(CC2CNNC2c2ccccc2)CCN1C1CCCCC1. The number of hydrazine groups is 1. The highest BCUT2D eigenvalue weighted by molar-refractivity contribution is 5.20. The van der Waals surface area contributed by atoms with Gasteiger partial charge in [0.05, 0.1) is 6.04 Å². The molecule has 2 aliphatic heterocycles. The van der Waals surface area contributed by atoms with E-state index in [1.807, 2.05) is 0 Å². The van der Waals surface area contributed by atoms with Gasteiger partial charge in [-0.15, -0.1) is 0 Å². The molecule has 4 rings (SSSR count). The lowest BCUT2D eigenvalue weighted by Crippen LogP contribution is -2.57. The number of hydrogen-bond donors (Lipinski definition) is 3. The van der Waals surface area contributed by atoms with Crippen LogP contribution in [0.5, 0.6) is 0 Å². The van der Waals surface area contributed by atoms with Crippen molar-refractivity contribution in [1.29, 1.82) is 0 Å². The van der Waals surface area contributed by atoms with E-state index in [9.17, 15) is 5.11 Å². The van der Waals surface area contributed by atoms with Crippen molar-refractivity contribution in [2.45, 2.75) is 56.7 Å². The minimum Gasteiger partial charge on any atom is -0.396 e. The zero-order valence-corrected chi connectivity index (χ0v) is 16.5. The number of piperazine rings is 1. The minimum atomic E-state index is 0.306. The van der Waals surface area contributed by atoms with E-state index in [4.69, 9.17) is 0 Å². The van der Waals surface area contributed by atoms with E-state index in [1.54, 1.807) is 0 Å². The molecular formula is C22H36N4O. The van der Waals surface area contributed by atoms with Crippen LogP contribution in [0.15, 0.2) is 30.3 Å². The molecule has 5 nitrogen and oxygen atoms in total. The summed E-state index contributed by atoms with van der Waals surface area (Å²) < 4.78 is 0. The molecule has 5 heteroatoms. The number of aliphatic hydroxyl groups excluding tert-OH is 1. The third-order valence-corrected chi connectivity index (χ3v) is 6.86. The van der Waals surface area contributed by atoms with Crippen LogP contribution in [-0.4, -0.2) is 66.3 Å². The molecule has 3 atom stereocenters. The van der Waals surface area contributed by atoms with Crippen molar-refractivity contribution in [1.82, 2.24) is 20.7 Å². The Balaban J connectivity index is 1.37. The molecule has 1 saturated carbocycles. The Morgan fingerprint density at radius 3 is 2.63 bits per heavy atom. The Bertz CT molecular complexity index is 563. The summed E-state index contributed by atoms with van der Waals surface area (Å²) in [5, 5.41) is 9.63. The lowest BCUT2D eigenvalue weighted by Gasteiger charge is -2.47. The summed E-state index contributed by atoms with van der Waals surface area (Å²) in [5.41, 5.74) is 8.24. The second kappa shape index (κ2) is 9.48. The van der Waals surface area contributed by atoms with Gasteiger partial charge in [-0.1, -0.05) is 49.6 Å². The molecular weight excluding hydrogens is 336 g/mol. The maximum Gasteiger partial charge on any atom is 0.0515 e. The number of hydrogen-bond acceptors (Lipinski definition) is 5. The van der Waals surface area contributed by atoms with Gasteiger partial charge in [-0.25, -0.2) is 5.43 Å². The van der Waals surface area contributed by atoms with Crippen LogP contribution in [0, 0.1) is 5.92 Å². The van der Waals surface area contributed by atoms with Crippen LogP contribution < -0.4 is 10.9 Å². The van der Waals surface area contributed by atoms with Gasteiger partial charge in [-0.2, -0.15) is 0 Å².